The van der Waals surface area contributed by atoms with E-state index in [9.17, 15) is 0 Å². The van der Waals surface area contributed by atoms with Gasteiger partial charge in [-0.05, 0) is 12.1 Å². The molecular weight excluding hydrogens is 272 g/mol. The van der Waals surface area contributed by atoms with E-state index >= 15 is 0 Å². The second kappa shape index (κ2) is 7.06. The Morgan fingerprint density at radius 1 is 1.35 bits per heavy atom. The van der Waals surface area contributed by atoms with Crippen LogP contribution >= 0.6 is 11.6 Å². The predicted octanol–water partition coefficient (Wildman–Crippen LogP) is 1.67. The van der Waals surface area contributed by atoms with Gasteiger partial charge in [0.2, 0.25) is 0 Å². The van der Waals surface area contributed by atoms with Gasteiger partial charge in [-0.15, -0.1) is 6.42 Å². The van der Waals surface area contributed by atoms with Crippen LogP contribution in [0.2, 0.25) is 5.02 Å². The Bertz CT molecular complexity index is 513. The summed E-state index contributed by atoms with van der Waals surface area (Å²) in [5, 5.41) is 3.95. The number of hydrogen-bond acceptors (Lipinski definition) is 2. The summed E-state index contributed by atoms with van der Waals surface area (Å²) < 4.78 is 0. The second-order valence-electron chi connectivity index (χ2n) is 4.53. The maximum atomic E-state index is 6.24. The van der Waals surface area contributed by atoms with Crippen molar-refractivity contribution in [3.63, 3.8) is 0 Å². The smallest absolute Gasteiger partial charge is 0.194 e. The second-order valence-corrected chi connectivity index (χ2v) is 4.94. The average molecular weight is 291 g/mol. The van der Waals surface area contributed by atoms with Gasteiger partial charge in [-0.3, -0.25) is 4.99 Å². The quantitative estimate of drug-likeness (QED) is 0.511. The molecule has 1 aromatic rings. The van der Waals surface area contributed by atoms with Crippen molar-refractivity contribution in [1.82, 2.24) is 10.2 Å². The van der Waals surface area contributed by atoms with Crippen molar-refractivity contribution in [3.05, 3.63) is 29.3 Å². The van der Waals surface area contributed by atoms with E-state index < -0.39 is 0 Å². The number of nitrogens with one attached hydrogen (secondary N) is 1. The number of para-hydroxylation sites is 1. The summed E-state index contributed by atoms with van der Waals surface area (Å²) in [5.74, 6) is 3.43. The number of aliphatic imine (C=N–C) groups is 1. The fraction of sp³-hybridized carbons (Fsp3) is 0.400. The molecular formula is C15H19ClN4. The van der Waals surface area contributed by atoms with Gasteiger partial charge in [0.25, 0.3) is 0 Å². The van der Waals surface area contributed by atoms with Crippen molar-refractivity contribution in [2.75, 3.05) is 44.7 Å². The number of benzene rings is 1. The van der Waals surface area contributed by atoms with Crippen LogP contribution in [-0.4, -0.2) is 50.6 Å². The summed E-state index contributed by atoms with van der Waals surface area (Å²) in [7, 11) is 1.78. The summed E-state index contributed by atoms with van der Waals surface area (Å²) >= 11 is 6.24. The summed E-state index contributed by atoms with van der Waals surface area (Å²) in [4.78, 5) is 8.77. The topological polar surface area (TPSA) is 30.9 Å². The number of terminal acetylenes is 1. The highest BCUT2D eigenvalue weighted by molar-refractivity contribution is 6.33. The van der Waals surface area contributed by atoms with Crippen LogP contribution in [0.15, 0.2) is 29.3 Å². The van der Waals surface area contributed by atoms with Gasteiger partial charge in [-0.2, -0.15) is 0 Å². The van der Waals surface area contributed by atoms with Gasteiger partial charge < -0.3 is 15.1 Å². The van der Waals surface area contributed by atoms with Crippen molar-refractivity contribution in [2.45, 2.75) is 0 Å². The molecule has 1 saturated heterocycles. The van der Waals surface area contributed by atoms with Crippen molar-refractivity contribution < 1.29 is 0 Å². The van der Waals surface area contributed by atoms with Crippen LogP contribution in [0.5, 0.6) is 0 Å². The highest BCUT2D eigenvalue weighted by atomic mass is 35.5. The number of rotatable bonds is 2. The Morgan fingerprint density at radius 3 is 2.65 bits per heavy atom. The van der Waals surface area contributed by atoms with E-state index in [4.69, 9.17) is 18.0 Å². The minimum absolute atomic E-state index is 0.497. The molecule has 1 aromatic carbocycles. The first kappa shape index (κ1) is 14.5. The molecule has 1 N–H and O–H groups in total. The van der Waals surface area contributed by atoms with Crippen molar-refractivity contribution in [2.24, 2.45) is 4.99 Å². The standard InChI is InChI=1S/C15H19ClN4/c1-3-8-18-15(17-2)20-11-9-19(10-12-20)14-7-5-4-6-13(14)16/h1,4-7H,8-12H2,2H3,(H,17,18). The molecule has 0 amide bonds. The first-order chi connectivity index (χ1) is 9.76. The van der Waals surface area contributed by atoms with Gasteiger partial charge in [-0.25, -0.2) is 0 Å². The lowest BCUT2D eigenvalue weighted by atomic mass is 10.2. The molecule has 0 saturated carbocycles. The van der Waals surface area contributed by atoms with Crippen molar-refractivity contribution in [3.8, 4) is 12.3 Å². The largest absolute Gasteiger partial charge is 0.367 e. The molecule has 4 nitrogen and oxygen atoms in total. The lowest BCUT2D eigenvalue weighted by Gasteiger charge is -2.37. The Labute approximate surface area is 125 Å². The predicted molar refractivity (Wildman–Crippen MR) is 85.4 cm³/mol. The fourth-order valence-corrected chi connectivity index (χ4v) is 2.58. The van der Waals surface area contributed by atoms with E-state index in [0.29, 0.717) is 6.54 Å². The van der Waals surface area contributed by atoms with Crippen LogP contribution in [0.3, 0.4) is 0 Å². The number of nitrogens with zero attached hydrogens (tertiary/aromatic N) is 3. The Hall–Kier alpha value is -1.86. The molecule has 2 rings (SSSR count). The third kappa shape index (κ3) is 3.37. The normalized spacial score (nSPS) is 15.9. The third-order valence-electron chi connectivity index (χ3n) is 3.33. The number of piperazine rings is 1. The van der Waals surface area contributed by atoms with Gasteiger partial charge >= 0.3 is 0 Å². The number of guanidine groups is 1. The van der Waals surface area contributed by atoms with Crippen LogP contribution in [0.4, 0.5) is 5.69 Å². The first-order valence-corrected chi connectivity index (χ1v) is 7.02. The van der Waals surface area contributed by atoms with Crippen LogP contribution in [0, 0.1) is 12.3 Å². The van der Waals surface area contributed by atoms with E-state index in [1.807, 2.05) is 18.2 Å². The molecule has 0 radical (unpaired) electrons. The van der Waals surface area contributed by atoms with Crippen molar-refractivity contribution >= 4 is 23.2 Å². The van der Waals surface area contributed by atoms with Gasteiger partial charge in [0, 0.05) is 33.2 Å². The average Bonchev–Trinajstić information content (AvgIpc) is 2.49. The van der Waals surface area contributed by atoms with Gasteiger partial charge in [0.1, 0.15) is 0 Å². The van der Waals surface area contributed by atoms with E-state index in [1.165, 1.54) is 0 Å². The van der Waals surface area contributed by atoms with E-state index in [1.54, 1.807) is 7.05 Å². The zero-order valence-corrected chi connectivity index (χ0v) is 12.4. The number of anilines is 1. The van der Waals surface area contributed by atoms with Gasteiger partial charge in [-0.1, -0.05) is 29.7 Å². The number of hydrogen-bond donors (Lipinski definition) is 1. The molecule has 20 heavy (non-hydrogen) atoms. The van der Waals surface area contributed by atoms with Gasteiger partial charge in [0.05, 0.1) is 17.3 Å². The van der Waals surface area contributed by atoms with Crippen LogP contribution in [0.25, 0.3) is 0 Å². The Balaban J connectivity index is 1.96. The highest BCUT2D eigenvalue weighted by Gasteiger charge is 2.20. The molecule has 1 aliphatic rings. The maximum Gasteiger partial charge on any atom is 0.194 e. The van der Waals surface area contributed by atoms with E-state index in [0.717, 1.165) is 42.8 Å². The van der Waals surface area contributed by atoms with E-state index in [2.05, 4.69) is 32.1 Å². The zero-order chi connectivity index (χ0) is 14.4. The minimum Gasteiger partial charge on any atom is -0.367 e. The monoisotopic (exact) mass is 290 g/mol. The molecule has 1 heterocycles. The molecule has 0 aliphatic carbocycles. The summed E-state index contributed by atoms with van der Waals surface area (Å²) in [6.45, 7) is 4.13. The minimum atomic E-state index is 0.497. The molecule has 0 atom stereocenters. The maximum absolute atomic E-state index is 6.24. The SMILES string of the molecule is C#CCNC(=NC)N1CCN(c2ccccc2Cl)CC1. The molecule has 0 bridgehead atoms. The Morgan fingerprint density at radius 2 is 2.05 bits per heavy atom. The summed E-state index contributed by atoms with van der Waals surface area (Å²) in [6.07, 6.45) is 5.27. The zero-order valence-electron chi connectivity index (χ0n) is 11.6. The van der Waals surface area contributed by atoms with Crippen LogP contribution in [-0.2, 0) is 0 Å². The van der Waals surface area contributed by atoms with Crippen LogP contribution < -0.4 is 10.2 Å². The van der Waals surface area contributed by atoms with Crippen molar-refractivity contribution in [1.29, 1.82) is 0 Å². The molecule has 0 spiro atoms. The summed E-state index contributed by atoms with van der Waals surface area (Å²) in [6, 6.07) is 7.95. The van der Waals surface area contributed by atoms with Crippen LogP contribution in [0.1, 0.15) is 0 Å². The lowest BCUT2D eigenvalue weighted by Crippen LogP contribution is -2.52. The molecule has 5 heteroatoms. The third-order valence-corrected chi connectivity index (χ3v) is 3.65. The summed E-state index contributed by atoms with van der Waals surface area (Å²) in [5.41, 5.74) is 1.10. The molecule has 106 valence electrons. The Kier molecular flexibility index (Phi) is 5.14. The molecule has 1 fully saturated rings. The highest BCUT2D eigenvalue weighted by Crippen LogP contribution is 2.25. The fourth-order valence-electron chi connectivity index (χ4n) is 2.33. The molecule has 0 unspecified atom stereocenters. The first-order valence-electron chi connectivity index (χ1n) is 6.65. The molecule has 1 aliphatic heterocycles. The van der Waals surface area contributed by atoms with E-state index in [-0.39, 0.29) is 0 Å². The van der Waals surface area contributed by atoms with Gasteiger partial charge in [0.15, 0.2) is 5.96 Å². The molecule has 0 aromatic heterocycles. The lowest BCUT2D eigenvalue weighted by molar-refractivity contribution is 0.374. The number of halogens is 1.